The Bertz CT molecular complexity index is 378. The van der Waals surface area contributed by atoms with Crippen molar-refractivity contribution in [2.24, 2.45) is 0 Å². The minimum atomic E-state index is -0.00694. The van der Waals surface area contributed by atoms with Gasteiger partial charge >= 0.3 is 42.6 Å². The monoisotopic (exact) mass is 264 g/mol. The van der Waals surface area contributed by atoms with Crippen LogP contribution >= 0.6 is 20.8 Å². The Morgan fingerprint density at radius 1 is 1.41 bits per heavy atom. The second-order valence-electron chi connectivity index (χ2n) is 4.08. The first-order valence-corrected chi connectivity index (χ1v) is 6.96. The van der Waals surface area contributed by atoms with E-state index in [-0.39, 0.29) is 5.52 Å². The zero-order valence-corrected chi connectivity index (χ0v) is 13.1. The first-order chi connectivity index (χ1) is 7.95. The molecule has 0 radical (unpaired) electrons. The van der Waals surface area contributed by atoms with Gasteiger partial charge in [-0.15, -0.1) is 0 Å². The predicted molar refractivity (Wildman–Crippen MR) is 80.4 cm³/mol. The number of carbonyl (C=O) groups excluding carboxylic acids is 1. The van der Waals surface area contributed by atoms with Crippen molar-refractivity contribution in [3.63, 3.8) is 0 Å². The summed E-state index contributed by atoms with van der Waals surface area (Å²) >= 11 is 8.08. The number of hydrogen-bond donors (Lipinski definition) is 0. The molecule has 0 fully saturated rings. The summed E-state index contributed by atoms with van der Waals surface area (Å²) in [5, 5.41) is 1.99. The van der Waals surface area contributed by atoms with Gasteiger partial charge < -0.3 is 0 Å². The Morgan fingerprint density at radius 2 is 2.00 bits per heavy atom. The second kappa shape index (κ2) is 9.18. The molecule has 1 nitrogen and oxygen atoms in total. The van der Waals surface area contributed by atoms with Gasteiger partial charge in [-0.25, -0.2) is 0 Å². The van der Waals surface area contributed by atoms with E-state index in [1.54, 1.807) is 0 Å². The number of unbranched alkanes of at least 4 members (excludes halogenated alkanes) is 1. The van der Waals surface area contributed by atoms with Gasteiger partial charge in [-0.1, -0.05) is 26.9 Å². The van der Waals surface area contributed by atoms with Crippen LogP contribution in [0.15, 0.2) is 12.1 Å². The first kappa shape index (κ1) is 17.2. The maximum absolute atomic E-state index is 11.1. The number of hydrogen-bond acceptors (Lipinski definition) is 1. The van der Waals surface area contributed by atoms with E-state index in [0.29, 0.717) is 10.6 Å². The zero-order chi connectivity index (χ0) is 13.4. The molecule has 0 heterocycles. The Balaban J connectivity index is 0.000000437. The van der Waals surface area contributed by atoms with E-state index in [1.165, 1.54) is 17.9 Å². The van der Waals surface area contributed by atoms with E-state index in [1.807, 2.05) is 26.0 Å². The van der Waals surface area contributed by atoms with E-state index >= 15 is 0 Å². The number of halogens is 1. The second-order valence-corrected chi connectivity index (χ2v) is 5.01. The molecule has 0 amide bonds. The first-order valence-electron chi connectivity index (χ1n) is 6.01. The van der Waals surface area contributed by atoms with Crippen molar-refractivity contribution >= 4 is 44.1 Å². The minimum absolute atomic E-state index is 0.00694. The van der Waals surface area contributed by atoms with Gasteiger partial charge in [-0.05, 0) is 31.0 Å². The molecule has 1 aromatic rings. The third-order valence-electron chi connectivity index (χ3n) is 2.56. The summed E-state index contributed by atoms with van der Waals surface area (Å²) in [4.78, 5) is 11.1. The Labute approximate surface area is 121 Å². The molecule has 17 heavy (non-hydrogen) atoms. The van der Waals surface area contributed by atoms with Gasteiger partial charge in [0.15, 0.2) is 5.52 Å². The Kier molecular flexibility index (Phi) is 9.29. The summed E-state index contributed by atoms with van der Waals surface area (Å²) in [6, 6.07) is 3.66. The van der Waals surface area contributed by atoms with E-state index in [0.717, 1.165) is 11.1 Å². The van der Waals surface area contributed by atoms with Crippen molar-refractivity contribution in [2.75, 3.05) is 0 Å². The van der Waals surface area contributed by atoms with Crippen molar-refractivity contribution in [3.8, 4) is 0 Å². The van der Waals surface area contributed by atoms with Gasteiger partial charge in [0.25, 0.3) is 0 Å². The topological polar surface area (TPSA) is 17.1 Å². The van der Waals surface area contributed by atoms with Crippen LogP contribution in [0.5, 0.6) is 0 Å². The molecule has 0 aliphatic carbocycles. The van der Waals surface area contributed by atoms with Crippen LogP contribution in [0.1, 0.15) is 41.3 Å². The molecule has 90 valence electrons. The van der Waals surface area contributed by atoms with Gasteiger partial charge in [0, 0.05) is 10.6 Å². The summed E-state index contributed by atoms with van der Waals surface area (Å²) in [5.41, 5.74) is 2.54. The molecular formula is C13H19ClLiOP. The number of rotatable bonds is 3. The van der Waals surface area contributed by atoms with E-state index in [2.05, 4.69) is 33.9 Å². The van der Waals surface area contributed by atoms with Gasteiger partial charge in [0.05, 0.1) is 0 Å². The molecule has 0 aromatic heterocycles. The molecule has 0 bridgehead atoms. The van der Waals surface area contributed by atoms with Crippen molar-refractivity contribution in [1.82, 2.24) is 0 Å². The van der Waals surface area contributed by atoms with Crippen molar-refractivity contribution < 1.29 is 4.79 Å². The number of carbonyl (C=O) groups is 1. The van der Waals surface area contributed by atoms with Crippen LogP contribution in [0.25, 0.3) is 0 Å². The van der Waals surface area contributed by atoms with Gasteiger partial charge in [-0.2, -0.15) is 0 Å². The summed E-state index contributed by atoms with van der Waals surface area (Å²) < 4.78 is 0. The number of aryl methyl sites for hydroxylation is 1. The molecule has 4 heteroatoms. The van der Waals surface area contributed by atoms with Crippen molar-refractivity contribution in [2.45, 2.75) is 38.7 Å². The molecule has 1 rings (SSSR count). The van der Waals surface area contributed by atoms with E-state index in [9.17, 15) is 4.79 Å². The molecule has 1 aromatic carbocycles. The summed E-state index contributed by atoms with van der Waals surface area (Å²) in [6.45, 7) is 5.97. The Hall–Kier alpha value is 0.207. The van der Waals surface area contributed by atoms with Crippen LogP contribution in [-0.4, -0.2) is 23.2 Å². The van der Waals surface area contributed by atoms with Crippen LogP contribution in [0.4, 0.5) is 0 Å². The van der Waals surface area contributed by atoms with E-state index in [4.69, 9.17) is 11.6 Å². The van der Waals surface area contributed by atoms with Crippen LogP contribution in [-0.2, 0) is 0 Å². The molecular weight excluding hydrogens is 246 g/mol. The average Bonchev–Trinajstić information content (AvgIpc) is 2.26. The van der Waals surface area contributed by atoms with Crippen molar-refractivity contribution in [1.29, 1.82) is 0 Å². The third-order valence-corrected chi connectivity index (χ3v) is 3.26. The van der Waals surface area contributed by atoms with Crippen LogP contribution in [0.2, 0.25) is 10.1 Å². The summed E-state index contributed by atoms with van der Waals surface area (Å²) in [5.74, 6) is 0. The third kappa shape index (κ3) is 6.07. The molecule has 0 saturated carbocycles. The van der Waals surface area contributed by atoms with Crippen LogP contribution < -0.4 is 0 Å². The van der Waals surface area contributed by atoms with Crippen LogP contribution in [0.3, 0.4) is 0 Å². The fourth-order valence-electron chi connectivity index (χ4n) is 1.55. The number of benzene rings is 1. The molecule has 0 aliphatic heterocycles. The van der Waals surface area contributed by atoms with Crippen molar-refractivity contribution in [3.05, 3.63) is 33.8 Å². The molecule has 0 spiro atoms. The summed E-state index contributed by atoms with van der Waals surface area (Å²) in [7, 11) is 2.17. The maximum atomic E-state index is 11.1. The van der Waals surface area contributed by atoms with Gasteiger partial charge in [-0.3, -0.25) is 4.79 Å². The standard InChI is InChI=1S/C9H10ClOP.C4H9.Li/c1-5-3-4-7(10)6(2)8(5)9(11)12;1-3-4-2;/h3-4H,12H2,1-2H3;1,3-4H2,2H3;. The zero-order valence-electron chi connectivity index (χ0n) is 11.1. The molecule has 1 atom stereocenters. The normalized spacial score (nSPS) is 9.59. The van der Waals surface area contributed by atoms with Gasteiger partial charge in [0.1, 0.15) is 0 Å². The quantitative estimate of drug-likeness (QED) is 0.586. The molecule has 0 saturated heterocycles. The molecule has 0 aliphatic rings. The molecule has 0 N–H and O–H groups in total. The molecule has 1 unspecified atom stereocenters. The van der Waals surface area contributed by atoms with Gasteiger partial charge in [0.2, 0.25) is 0 Å². The fraction of sp³-hybridized carbons (Fsp3) is 0.462. The average molecular weight is 265 g/mol. The van der Waals surface area contributed by atoms with Crippen LogP contribution in [0, 0.1) is 13.8 Å². The SMILES string of the molecule is Cc1ccc(Cl)c(C)c1C(=O)P.[Li][CH2]CCC. The predicted octanol–water partition coefficient (Wildman–Crippen LogP) is 4.35. The summed E-state index contributed by atoms with van der Waals surface area (Å²) in [6.07, 6.45) is 2.73. The Morgan fingerprint density at radius 3 is 2.29 bits per heavy atom. The fourth-order valence-corrected chi connectivity index (χ4v) is 2.16. The van der Waals surface area contributed by atoms with E-state index < -0.39 is 0 Å².